The number of carbonyl (C=O) groups is 3. The molecule has 0 aromatic heterocycles. The fraction of sp³-hybridized carbons (Fsp3) is 0.444. The number of hydrogen-bond acceptors (Lipinski definition) is 5. The Balaban J connectivity index is 2.46. The lowest BCUT2D eigenvalue weighted by Gasteiger charge is -2.41. The van der Waals surface area contributed by atoms with E-state index in [4.69, 9.17) is 4.74 Å². The Kier molecular flexibility index (Phi) is 8.55. The molecule has 1 unspecified atom stereocenters. The first-order chi connectivity index (χ1) is 16.1. The maximum atomic E-state index is 13.7. The quantitative estimate of drug-likeness (QED) is 0.545. The van der Waals surface area contributed by atoms with Crippen LogP contribution in [0.2, 0.25) is 0 Å². The zero-order valence-electron chi connectivity index (χ0n) is 21.9. The number of alkyl carbamates (subject to hydrolysis) is 1. The van der Waals surface area contributed by atoms with E-state index in [1.165, 1.54) is 11.0 Å². The van der Waals surface area contributed by atoms with E-state index in [1.807, 2.05) is 45.9 Å². The molecule has 0 aliphatic heterocycles. The van der Waals surface area contributed by atoms with Gasteiger partial charge in [0.2, 0.25) is 5.91 Å². The highest BCUT2D eigenvalue weighted by Crippen LogP contribution is 2.32. The van der Waals surface area contributed by atoms with Crippen LogP contribution >= 0.6 is 0 Å². The van der Waals surface area contributed by atoms with Crippen LogP contribution in [0, 0.1) is 13.8 Å². The van der Waals surface area contributed by atoms with Crippen molar-refractivity contribution in [2.75, 3.05) is 11.9 Å². The van der Waals surface area contributed by atoms with Gasteiger partial charge >= 0.3 is 6.09 Å². The van der Waals surface area contributed by atoms with Gasteiger partial charge in [0.1, 0.15) is 23.9 Å². The second-order valence-electron chi connectivity index (χ2n) is 10.5. The molecule has 0 aliphatic carbocycles. The molecular weight excluding hydrogens is 446 g/mol. The lowest BCUT2D eigenvalue weighted by Crippen LogP contribution is -2.54. The third-order valence-corrected chi connectivity index (χ3v) is 5.22. The van der Waals surface area contributed by atoms with Gasteiger partial charge in [0.15, 0.2) is 0 Å². The highest BCUT2D eigenvalue weighted by Gasteiger charge is 2.39. The van der Waals surface area contributed by atoms with E-state index in [0.717, 1.165) is 5.56 Å². The van der Waals surface area contributed by atoms with Crippen molar-refractivity contribution in [1.82, 2.24) is 10.2 Å². The molecule has 3 amide bonds. The zero-order valence-corrected chi connectivity index (χ0v) is 21.9. The van der Waals surface area contributed by atoms with Crippen LogP contribution < -0.4 is 10.6 Å². The number of aromatic hydroxyl groups is 1. The number of aryl methyl sites for hydroxylation is 2. The number of benzene rings is 2. The molecule has 2 rings (SSSR count). The van der Waals surface area contributed by atoms with Gasteiger partial charge in [-0.3, -0.25) is 9.59 Å². The van der Waals surface area contributed by atoms with Crippen molar-refractivity contribution in [2.24, 2.45) is 0 Å². The van der Waals surface area contributed by atoms with E-state index in [1.54, 1.807) is 45.9 Å². The Bertz CT molecular complexity index is 1080. The van der Waals surface area contributed by atoms with Crippen LogP contribution in [0.1, 0.15) is 64.3 Å². The number of nitrogens with zero attached hydrogens (tertiary/aromatic N) is 1. The molecule has 0 fully saturated rings. The molecule has 0 saturated carbocycles. The molecule has 0 saturated heterocycles. The number of carbonyl (C=O) groups excluding carboxylic acids is 3. The topological polar surface area (TPSA) is 108 Å². The third kappa shape index (κ3) is 7.73. The smallest absolute Gasteiger partial charge is 0.408 e. The number of hydrogen-bond donors (Lipinski definition) is 3. The summed E-state index contributed by atoms with van der Waals surface area (Å²) < 4.78 is 5.24. The van der Waals surface area contributed by atoms with E-state index in [9.17, 15) is 19.5 Å². The summed E-state index contributed by atoms with van der Waals surface area (Å²) in [4.78, 5) is 40.8. The Hall–Kier alpha value is -3.55. The zero-order chi connectivity index (χ0) is 26.6. The normalized spacial score (nSPS) is 12.5. The minimum Gasteiger partial charge on any atom is -0.508 e. The van der Waals surface area contributed by atoms with E-state index >= 15 is 0 Å². The minimum absolute atomic E-state index is 0.0899. The van der Waals surface area contributed by atoms with E-state index in [0.29, 0.717) is 16.8 Å². The van der Waals surface area contributed by atoms with Crippen molar-refractivity contribution in [3.8, 4) is 5.75 Å². The van der Waals surface area contributed by atoms with Crippen molar-refractivity contribution in [3.05, 3.63) is 59.2 Å². The molecule has 0 heterocycles. The second kappa shape index (κ2) is 10.8. The van der Waals surface area contributed by atoms with Crippen LogP contribution in [0.3, 0.4) is 0 Å². The van der Waals surface area contributed by atoms with Crippen molar-refractivity contribution < 1.29 is 24.2 Å². The number of para-hydroxylation sites is 1. The van der Waals surface area contributed by atoms with Crippen molar-refractivity contribution in [3.63, 3.8) is 0 Å². The van der Waals surface area contributed by atoms with Crippen LogP contribution in [-0.4, -0.2) is 45.6 Å². The average molecular weight is 484 g/mol. The summed E-state index contributed by atoms with van der Waals surface area (Å²) in [5.41, 5.74) is 1.12. The lowest BCUT2D eigenvalue weighted by molar-refractivity contribution is -0.144. The molecule has 3 N–H and O–H groups in total. The molecule has 190 valence electrons. The highest BCUT2D eigenvalue weighted by atomic mass is 16.6. The molecule has 35 heavy (non-hydrogen) atoms. The van der Waals surface area contributed by atoms with Gasteiger partial charge in [0, 0.05) is 11.2 Å². The Labute approximate surface area is 207 Å². The fourth-order valence-electron chi connectivity index (χ4n) is 3.63. The molecule has 0 aliphatic rings. The molecule has 8 heteroatoms. The molecule has 2 aromatic carbocycles. The van der Waals surface area contributed by atoms with Gasteiger partial charge in [-0.05, 0) is 90.3 Å². The fourth-order valence-corrected chi connectivity index (χ4v) is 3.63. The number of nitrogens with one attached hydrogen (secondary N) is 2. The molecule has 2 aromatic rings. The summed E-state index contributed by atoms with van der Waals surface area (Å²) in [5, 5.41) is 15.5. The number of ether oxygens (including phenoxy) is 1. The van der Waals surface area contributed by atoms with Gasteiger partial charge in [-0.1, -0.05) is 24.3 Å². The standard InChI is InChI=1S/C27H37N3O5/c1-17-11-9-10-12-20(17)29-24(33)23(19-13-14-21(31)18(2)15-19)30(26(3,4)5)22(32)16-28-25(34)35-27(6,7)8/h9-15,23,31H,16H2,1-8H3,(H,28,34)(H,29,33). The van der Waals surface area contributed by atoms with Crippen LogP contribution in [0.4, 0.5) is 10.5 Å². The summed E-state index contributed by atoms with van der Waals surface area (Å²) >= 11 is 0. The van der Waals surface area contributed by atoms with E-state index in [-0.39, 0.29) is 12.3 Å². The summed E-state index contributed by atoms with van der Waals surface area (Å²) in [6, 6.07) is 11.2. The number of rotatable bonds is 6. The van der Waals surface area contributed by atoms with Gasteiger partial charge in [-0.15, -0.1) is 0 Å². The Morgan fingerprint density at radius 3 is 2.14 bits per heavy atom. The van der Waals surface area contributed by atoms with Gasteiger partial charge in [-0.2, -0.15) is 0 Å². The van der Waals surface area contributed by atoms with Crippen LogP contribution in [0.25, 0.3) is 0 Å². The van der Waals surface area contributed by atoms with Crippen LogP contribution in [-0.2, 0) is 14.3 Å². The Morgan fingerprint density at radius 2 is 1.60 bits per heavy atom. The Morgan fingerprint density at radius 1 is 0.971 bits per heavy atom. The maximum Gasteiger partial charge on any atom is 0.408 e. The highest BCUT2D eigenvalue weighted by molar-refractivity contribution is 5.99. The second-order valence-corrected chi connectivity index (χ2v) is 10.5. The van der Waals surface area contributed by atoms with Crippen LogP contribution in [0.15, 0.2) is 42.5 Å². The van der Waals surface area contributed by atoms with Gasteiger partial charge in [-0.25, -0.2) is 4.79 Å². The molecule has 8 nitrogen and oxygen atoms in total. The van der Waals surface area contributed by atoms with Crippen molar-refractivity contribution in [2.45, 2.75) is 72.6 Å². The predicted octanol–water partition coefficient (Wildman–Crippen LogP) is 4.84. The monoisotopic (exact) mass is 483 g/mol. The van der Waals surface area contributed by atoms with Crippen LogP contribution in [0.5, 0.6) is 5.75 Å². The van der Waals surface area contributed by atoms with Crippen molar-refractivity contribution in [1.29, 1.82) is 0 Å². The van der Waals surface area contributed by atoms with E-state index < -0.39 is 35.1 Å². The largest absolute Gasteiger partial charge is 0.508 e. The van der Waals surface area contributed by atoms with Gasteiger partial charge < -0.3 is 25.4 Å². The summed E-state index contributed by atoms with van der Waals surface area (Å²) in [7, 11) is 0. The molecular formula is C27H37N3O5. The van der Waals surface area contributed by atoms with Crippen molar-refractivity contribution >= 4 is 23.6 Å². The third-order valence-electron chi connectivity index (χ3n) is 5.22. The number of phenols is 1. The predicted molar refractivity (Wildman–Crippen MR) is 136 cm³/mol. The van der Waals surface area contributed by atoms with Gasteiger partial charge in [0.05, 0.1) is 0 Å². The lowest BCUT2D eigenvalue weighted by atomic mass is 9.95. The number of amides is 3. The SMILES string of the molecule is Cc1cc(C(C(=O)Nc2ccccc2C)N(C(=O)CNC(=O)OC(C)(C)C)C(C)(C)C)ccc1O. The summed E-state index contributed by atoms with van der Waals surface area (Å²) in [6.45, 7) is 13.9. The summed E-state index contributed by atoms with van der Waals surface area (Å²) in [5.74, 6) is -0.781. The molecule has 0 spiro atoms. The molecule has 1 atom stereocenters. The molecule has 0 radical (unpaired) electrons. The number of phenolic OH excluding ortho intramolecular Hbond substituents is 1. The summed E-state index contributed by atoms with van der Waals surface area (Å²) in [6.07, 6.45) is -0.721. The first kappa shape index (κ1) is 27.7. The molecule has 0 bridgehead atoms. The minimum atomic E-state index is -1.03. The average Bonchev–Trinajstić information content (AvgIpc) is 2.71. The first-order valence-corrected chi connectivity index (χ1v) is 11.5. The number of anilines is 1. The van der Waals surface area contributed by atoms with Gasteiger partial charge in [0.25, 0.3) is 5.91 Å². The van der Waals surface area contributed by atoms with E-state index in [2.05, 4.69) is 10.6 Å². The maximum absolute atomic E-state index is 13.7. The first-order valence-electron chi connectivity index (χ1n) is 11.5.